The van der Waals surface area contributed by atoms with Gasteiger partial charge >= 0.3 is 0 Å². The molecule has 0 bridgehead atoms. The zero-order chi connectivity index (χ0) is 17.3. The molecule has 6 heteroatoms. The van der Waals surface area contributed by atoms with Crippen molar-refractivity contribution < 1.29 is 9.53 Å². The Morgan fingerprint density at radius 2 is 2.17 bits per heavy atom. The van der Waals surface area contributed by atoms with Crippen LogP contribution in [0.15, 0.2) is 4.99 Å². The van der Waals surface area contributed by atoms with Crippen LogP contribution in [0, 0.1) is 11.3 Å². The molecule has 6 nitrogen and oxygen atoms in total. The van der Waals surface area contributed by atoms with Crippen LogP contribution in [0.1, 0.15) is 46.0 Å². The number of carbonyl (C=O) groups excluding carboxylic acids is 1. The third-order valence-electron chi connectivity index (χ3n) is 6.20. The van der Waals surface area contributed by atoms with Gasteiger partial charge in [-0.1, -0.05) is 13.3 Å². The summed E-state index contributed by atoms with van der Waals surface area (Å²) in [5.74, 6) is 1.40. The van der Waals surface area contributed by atoms with Gasteiger partial charge in [-0.05, 0) is 32.6 Å². The summed E-state index contributed by atoms with van der Waals surface area (Å²) in [6.07, 6.45) is 6.40. The average Bonchev–Trinajstić information content (AvgIpc) is 2.92. The third kappa shape index (κ3) is 3.01. The fraction of sp³-hybridized carbons (Fsp3) is 0.889. The van der Waals surface area contributed by atoms with E-state index in [0.717, 1.165) is 25.4 Å². The number of nitrogens with zero attached hydrogens (tertiary/aromatic N) is 2. The van der Waals surface area contributed by atoms with Gasteiger partial charge in [0, 0.05) is 44.1 Å². The Hall–Kier alpha value is -1.30. The number of fused-ring (bicyclic) bond motifs is 2. The number of carbonyl (C=O) groups is 1. The molecule has 136 valence electrons. The van der Waals surface area contributed by atoms with Crippen molar-refractivity contribution in [2.75, 3.05) is 27.2 Å². The maximum absolute atomic E-state index is 11.9. The monoisotopic (exact) mass is 336 g/mol. The minimum absolute atomic E-state index is 0.0225. The summed E-state index contributed by atoms with van der Waals surface area (Å²) in [5, 5.41) is 7.12. The zero-order valence-electron chi connectivity index (χ0n) is 15.5. The van der Waals surface area contributed by atoms with E-state index >= 15 is 0 Å². The molecule has 1 spiro atoms. The summed E-state index contributed by atoms with van der Waals surface area (Å²) in [7, 11) is 3.53. The van der Waals surface area contributed by atoms with Crippen molar-refractivity contribution in [3.63, 3.8) is 0 Å². The minimum atomic E-state index is 0.0225. The van der Waals surface area contributed by atoms with Gasteiger partial charge in [0.15, 0.2) is 5.96 Å². The molecular formula is C18H32N4O2. The molecule has 0 aromatic carbocycles. The number of guanidine groups is 1. The number of rotatable bonds is 5. The van der Waals surface area contributed by atoms with E-state index in [-0.39, 0.29) is 12.5 Å². The summed E-state index contributed by atoms with van der Waals surface area (Å²) in [5.41, 5.74) is 0.310. The topological polar surface area (TPSA) is 66.0 Å². The molecule has 1 heterocycles. The number of nitrogens with one attached hydrogen (secondary N) is 2. The summed E-state index contributed by atoms with van der Waals surface area (Å²) >= 11 is 0. The lowest BCUT2D eigenvalue weighted by atomic mass is 9.46. The van der Waals surface area contributed by atoms with Gasteiger partial charge in [0.2, 0.25) is 5.91 Å². The quantitative estimate of drug-likeness (QED) is 0.588. The first kappa shape index (κ1) is 17.5. The van der Waals surface area contributed by atoms with Gasteiger partial charge in [-0.25, -0.2) is 4.99 Å². The normalized spacial score (nSPS) is 31.7. The number of amides is 1. The van der Waals surface area contributed by atoms with Gasteiger partial charge in [0.1, 0.15) is 6.54 Å². The lowest BCUT2D eigenvalue weighted by Crippen LogP contribution is -2.72. The lowest BCUT2D eigenvalue weighted by Gasteiger charge is -2.63. The second-order valence-corrected chi connectivity index (χ2v) is 7.86. The Balaban J connectivity index is 1.69. The molecule has 2 aliphatic carbocycles. The molecule has 0 radical (unpaired) electrons. The highest BCUT2D eigenvalue weighted by atomic mass is 16.5. The fourth-order valence-electron chi connectivity index (χ4n) is 4.36. The summed E-state index contributed by atoms with van der Waals surface area (Å²) in [4.78, 5) is 18.0. The number of hydrogen-bond donors (Lipinski definition) is 2. The van der Waals surface area contributed by atoms with Crippen LogP contribution in [0.4, 0.5) is 0 Å². The predicted octanol–water partition coefficient (Wildman–Crippen LogP) is 1.37. The van der Waals surface area contributed by atoms with E-state index in [9.17, 15) is 4.79 Å². The van der Waals surface area contributed by atoms with E-state index in [0.29, 0.717) is 29.5 Å². The van der Waals surface area contributed by atoms with E-state index in [1.54, 1.807) is 19.0 Å². The van der Waals surface area contributed by atoms with E-state index in [4.69, 9.17) is 4.74 Å². The van der Waals surface area contributed by atoms with Crippen molar-refractivity contribution in [2.24, 2.45) is 16.3 Å². The number of likely N-dealkylation sites (N-methyl/N-ethyl adjacent to an activating group) is 1. The summed E-state index contributed by atoms with van der Waals surface area (Å²) in [6.45, 7) is 5.37. The van der Waals surface area contributed by atoms with Crippen LogP contribution in [0.2, 0.25) is 0 Å². The molecule has 24 heavy (non-hydrogen) atoms. The van der Waals surface area contributed by atoms with Crippen LogP contribution in [0.25, 0.3) is 0 Å². The van der Waals surface area contributed by atoms with Crippen molar-refractivity contribution in [2.45, 2.75) is 64.1 Å². The average molecular weight is 336 g/mol. The van der Waals surface area contributed by atoms with Crippen molar-refractivity contribution in [3.05, 3.63) is 0 Å². The Morgan fingerprint density at radius 1 is 1.42 bits per heavy atom. The van der Waals surface area contributed by atoms with E-state index in [1.807, 2.05) is 0 Å². The number of aliphatic imine (C=N–C) groups is 1. The van der Waals surface area contributed by atoms with E-state index in [2.05, 4.69) is 29.5 Å². The second kappa shape index (κ2) is 6.90. The van der Waals surface area contributed by atoms with Crippen LogP contribution in [0.5, 0.6) is 0 Å². The Morgan fingerprint density at radius 3 is 2.75 bits per heavy atom. The van der Waals surface area contributed by atoms with Crippen LogP contribution >= 0.6 is 0 Å². The van der Waals surface area contributed by atoms with Gasteiger partial charge in [-0.15, -0.1) is 0 Å². The number of ether oxygens (including phenoxy) is 1. The van der Waals surface area contributed by atoms with Crippen molar-refractivity contribution in [3.8, 4) is 0 Å². The van der Waals surface area contributed by atoms with Crippen LogP contribution < -0.4 is 10.6 Å². The van der Waals surface area contributed by atoms with Crippen molar-refractivity contribution >= 4 is 11.9 Å². The lowest BCUT2D eigenvalue weighted by molar-refractivity contribution is -0.171. The van der Waals surface area contributed by atoms with Gasteiger partial charge in [-0.3, -0.25) is 4.79 Å². The SMILES string of the molecule is CCC(C)NC(=NCC(=O)N(C)C)NC1C2CCOC2C12CCC2. The third-order valence-corrected chi connectivity index (χ3v) is 6.20. The molecule has 2 N–H and O–H groups in total. The van der Waals surface area contributed by atoms with E-state index in [1.165, 1.54) is 19.3 Å². The van der Waals surface area contributed by atoms with Crippen LogP contribution in [0.3, 0.4) is 0 Å². The molecule has 1 aliphatic heterocycles. The number of hydrogen-bond acceptors (Lipinski definition) is 3. The molecule has 3 fully saturated rings. The molecule has 3 aliphatic rings. The minimum Gasteiger partial charge on any atom is -0.377 e. The van der Waals surface area contributed by atoms with Gasteiger partial charge in [-0.2, -0.15) is 0 Å². The second-order valence-electron chi connectivity index (χ2n) is 7.86. The first-order valence-electron chi connectivity index (χ1n) is 9.37. The van der Waals surface area contributed by atoms with Gasteiger partial charge < -0.3 is 20.3 Å². The van der Waals surface area contributed by atoms with Crippen LogP contribution in [-0.2, 0) is 9.53 Å². The molecule has 2 saturated carbocycles. The maximum Gasteiger partial charge on any atom is 0.243 e. The molecule has 1 amide bonds. The first-order chi connectivity index (χ1) is 11.5. The Bertz CT molecular complexity index is 501. The molecule has 0 aromatic rings. The van der Waals surface area contributed by atoms with E-state index < -0.39 is 0 Å². The molecule has 4 atom stereocenters. The van der Waals surface area contributed by atoms with Crippen molar-refractivity contribution in [1.82, 2.24) is 15.5 Å². The predicted molar refractivity (Wildman–Crippen MR) is 94.9 cm³/mol. The first-order valence-corrected chi connectivity index (χ1v) is 9.37. The highest BCUT2D eigenvalue weighted by molar-refractivity contribution is 5.85. The smallest absolute Gasteiger partial charge is 0.243 e. The standard InChI is InChI=1S/C18H32N4O2/c1-5-12(2)20-17(19-11-14(23)22(3)4)21-15-13-7-10-24-16(13)18(15)8-6-9-18/h12-13,15-16H,5-11H2,1-4H3,(H2,19,20,21). The summed E-state index contributed by atoms with van der Waals surface area (Å²) < 4.78 is 5.99. The maximum atomic E-state index is 11.9. The van der Waals surface area contributed by atoms with Crippen LogP contribution in [-0.4, -0.2) is 62.2 Å². The molecule has 0 aromatic heterocycles. The Labute approximate surface area is 145 Å². The molecule has 3 rings (SSSR count). The van der Waals surface area contributed by atoms with Gasteiger partial charge in [0.25, 0.3) is 0 Å². The summed E-state index contributed by atoms with van der Waals surface area (Å²) in [6, 6.07) is 0.766. The largest absolute Gasteiger partial charge is 0.377 e. The highest BCUT2D eigenvalue weighted by Crippen LogP contribution is 2.62. The zero-order valence-corrected chi connectivity index (χ0v) is 15.5. The molecule has 4 unspecified atom stereocenters. The molecule has 1 saturated heterocycles. The fourth-order valence-corrected chi connectivity index (χ4v) is 4.36. The Kier molecular flexibility index (Phi) is 5.04. The highest BCUT2D eigenvalue weighted by Gasteiger charge is 2.66. The molecular weight excluding hydrogens is 304 g/mol. The van der Waals surface area contributed by atoms with Gasteiger partial charge in [0.05, 0.1) is 6.10 Å². The van der Waals surface area contributed by atoms with Crippen molar-refractivity contribution in [1.29, 1.82) is 0 Å².